The Morgan fingerprint density at radius 3 is 2.74 bits per heavy atom. The molecule has 0 amide bonds. The zero-order chi connectivity index (χ0) is 19.2. The first-order valence-corrected chi connectivity index (χ1v) is 8.87. The number of ether oxygens (including phenoxy) is 1. The van der Waals surface area contributed by atoms with Crippen LogP contribution in [0, 0.1) is 13.8 Å². The third-order valence-corrected chi connectivity index (χ3v) is 4.41. The van der Waals surface area contributed by atoms with Crippen LogP contribution in [-0.2, 0) is 6.42 Å². The Morgan fingerprint density at radius 1 is 1.22 bits per heavy atom. The summed E-state index contributed by atoms with van der Waals surface area (Å²) >= 11 is 0. The Kier molecular flexibility index (Phi) is 5.76. The molecule has 0 saturated carbocycles. The minimum absolute atomic E-state index is 0.298. The van der Waals surface area contributed by atoms with Gasteiger partial charge in [-0.15, -0.1) is 0 Å². The number of hydrogen-bond donors (Lipinski definition) is 3. The number of hydrazone groups is 1. The molecule has 0 saturated heterocycles. The number of guanidine groups is 1. The van der Waals surface area contributed by atoms with Crippen molar-refractivity contribution < 1.29 is 4.74 Å². The molecule has 140 valence electrons. The second kappa shape index (κ2) is 8.40. The van der Waals surface area contributed by atoms with Crippen LogP contribution in [0.15, 0.2) is 52.7 Å². The Balaban J connectivity index is 1.60. The molecule has 0 radical (unpaired) electrons. The fourth-order valence-electron chi connectivity index (χ4n) is 2.89. The molecule has 0 fully saturated rings. The fourth-order valence-corrected chi connectivity index (χ4v) is 2.89. The van der Waals surface area contributed by atoms with Gasteiger partial charge < -0.3 is 15.5 Å². The van der Waals surface area contributed by atoms with E-state index in [9.17, 15) is 0 Å². The number of hydrogen-bond acceptors (Lipinski definition) is 3. The summed E-state index contributed by atoms with van der Waals surface area (Å²) in [7, 11) is 1.66. The zero-order valence-corrected chi connectivity index (χ0v) is 15.9. The van der Waals surface area contributed by atoms with Gasteiger partial charge in [-0.2, -0.15) is 5.10 Å². The van der Waals surface area contributed by atoms with Crippen molar-refractivity contribution in [1.82, 2.24) is 10.4 Å². The number of aliphatic imine (C=N–C) groups is 1. The summed E-state index contributed by atoms with van der Waals surface area (Å²) in [6, 6.07) is 12.4. The summed E-state index contributed by atoms with van der Waals surface area (Å²) in [6.45, 7) is 4.73. The Labute approximate surface area is 159 Å². The summed E-state index contributed by atoms with van der Waals surface area (Å²) in [5.74, 6) is 1.12. The highest BCUT2D eigenvalue weighted by atomic mass is 16.5. The summed E-state index contributed by atoms with van der Waals surface area (Å²) in [5, 5.41) is 5.24. The highest BCUT2D eigenvalue weighted by Gasteiger charge is 2.06. The molecule has 0 atom stereocenters. The largest absolute Gasteiger partial charge is 0.497 e. The summed E-state index contributed by atoms with van der Waals surface area (Å²) < 4.78 is 5.34. The van der Waals surface area contributed by atoms with Crippen molar-refractivity contribution in [3.8, 4) is 5.75 Å². The summed E-state index contributed by atoms with van der Waals surface area (Å²) in [5.41, 5.74) is 14.3. The number of methoxy groups -OCH3 is 1. The fraction of sp³-hybridized carbons (Fsp3) is 0.238. The standard InChI is InChI=1S/C21H25N5O/c1-14-4-6-16(7-5-14)8-9-23-21(22)26-25-13-17-12-24-20-15(2)10-18(27-3)11-19(17)20/h4-7,10-13,24H,8-9H2,1-3H3,(H3,22,23,26)/b25-13+. The second-order valence-corrected chi connectivity index (χ2v) is 6.48. The predicted octanol–water partition coefficient (Wildman–Crippen LogP) is 3.27. The molecule has 6 heteroatoms. The van der Waals surface area contributed by atoms with Crippen LogP contribution in [0.5, 0.6) is 5.75 Å². The van der Waals surface area contributed by atoms with Crippen molar-refractivity contribution >= 4 is 23.1 Å². The van der Waals surface area contributed by atoms with Crippen LogP contribution in [0.25, 0.3) is 10.9 Å². The van der Waals surface area contributed by atoms with E-state index in [4.69, 9.17) is 10.5 Å². The summed E-state index contributed by atoms with van der Waals surface area (Å²) in [6.07, 6.45) is 4.47. The van der Waals surface area contributed by atoms with Gasteiger partial charge in [0.05, 0.1) is 13.3 Å². The van der Waals surface area contributed by atoms with Crippen LogP contribution in [-0.4, -0.2) is 30.8 Å². The summed E-state index contributed by atoms with van der Waals surface area (Å²) in [4.78, 5) is 7.57. The average Bonchev–Trinajstić information content (AvgIpc) is 3.07. The number of nitrogens with two attached hydrogens (primary N) is 1. The van der Waals surface area contributed by atoms with Crippen molar-refractivity contribution in [3.05, 3.63) is 64.8 Å². The van der Waals surface area contributed by atoms with Gasteiger partial charge in [-0.25, -0.2) is 5.43 Å². The van der Waals surface area contributed by atoms with E-state index >= 15 is 0 Å². The number of aromatic nitrogens is 1. The Hall–Kier alpha value is -3.28. The van der Waals surface area contributed by atoms with Crippen LogP contribution in [0.4, 0.5) is 0 Å². The van der Waals surface area contributed by atoms with E-state index in [1.807, 2.05) is 25.3 Å². The molecule has 0 aliphatic rings. The number of nitrogens with one attached hydrogen (secondary N) is 2. The van der Waals surface area contributed by atoms with E-state index in [1.165, 1.54) is 11.1 Å². The second-order valence-electron chi connectivity index (χ2n) is 6.48. The van der Waals surface area contributed by atoms with Crippen LogP contribution in [0.1, 0.15) is 22.3 Å². The van der Waals surface area contributed by atoms with Crippen LogP contribution >= 0.6 is 0 Å². The molecule has 0 bridgehead atoms. The maximum absolute atomic E-state index is 5.88. The van der Waals surface area contributed by atoms with Gasteiger partial charge in [0.25, 0.3) is 0 Å². The van der Waals surface area contributed by atoms with E-state index in [1.54, 1.807) is 13.3 Å². The highest BCUT2D eigenvalue weighted by molar-refractivity contribution is 6.01. The number of aryl methyl sites for hydroxylation is 2. The lowest BCUT2D eigenvalue weighted by atomic mass is 10.1. The quantitative estimate of drug-likeness (QED) is 0.357. The third kappa shape index (κ3) is 4.67. The number of nitrogens with zero attached hydrogens (tertiary/aromatic N) is 2. The van der Waals surface area contributed by atoms with Crippen molar-refractivity contribution in [3.63, 3.8) is 0 Å². The van der Waals surface area contributed by atoms with E-state index < -0.39 is 0 Å². The molecule has 1 aromatic heterocycles. The molecule has 0 aliphatic carbocycles. The topological polar surface area (TPSA) is 87.8 Å². The van der Waals surface area contributed by atoms with E-state index in [0.717, 1.165) is 34.2 Å². The molecule has 2 aromatic carbocycles. The Bertz CT molecular complexity index is 970. The lowest BCUT2D eigenvalue weighted by Gasteiger charge is -2.03. The zero-order valence-electron chi connectivity index (χ0n) is 15.9. The normalized spacial score (nSPS) is 12.0. The lowest BCUT2D eigenvalue weighted by molar-refractivity contribution is 0.415. The van der Waals surface area contributed by atoms with Gasteiger partial charge in [0.1, 0.15) is 5.75 Å². The van der Waals surface area contributed by atoms with Crippen molar-refractivity contribution in [2.75, 3.05) is 13.7 Å². The van der Waals surface area contributed by atoms with Gasteiger partial charge in [0, 0.05) is 29.2 Å². The molecule has 27 heavy (non-hydrogen) atoms. The predicted molar refractivity (Wildman–Crippen MR) is 112 cm³/mol. The first kappa shape index (κ1) is 18.5. The number of rotatable bonds is 6. The monoisotopic (exact) mass is 363 g/mol. The minimum Gasteiger partial charge on any atom is -0.497 e. The highest BCUT2D eigenvalue weighted by Crippen LogP contribution is 2.26. The molecule has 1 heterocycles. The van der Waals surface area contributed by atoms with Crippen molar-refractivity contribution in [2.45, 2.75) is 20.3 Å². The molecule has 6 nitrogen and oxygen atoms in total. The molecular weight excluding hydrogens is 338 g/mol. The average molecular weight is 363 g/mol. The van der Waals surface area contributed by atoms with Crippen LogP contribution in [0.3, 0.4) is 0 Å². The van der Waals surface area contributed by atoms with Gasteiger partial charge in [-0.3, -0.25) is 4.99 Å². The van der Waals surface area contributed by atoms with Gasteiger partial charge in [-0.1, -0.05) is 29.8 Å². The molecule has 0 aliphatic heterocycles. The minimum atomic E-state index is 0.298. The maximum Gasteiger partial charge on any atom is 0.209 e. The third-order valence-electron chi connectivity index (χ3n) is 4.41. The number of H-pyrrole nitrogens is 1. The molecular formula is C21H25N5O. The Morgan fingerprint density at radius 2 is 2.00 bits per heavy atom. The SMILES string of the molecule is COc1cc(C)c2[nH]cc(/C=N/NC(N)=NCCc3ccc(C)cc3)c2c1. The van der Waals surface area contributed by atoms with E-state index in [0.29, 0.717) is 12.5 Å². The maximum atomic E-state index is 5.88. The number of aromatic amines is 1. The van der Waals surface area contributed by atoms with Gasteiger partial charge in [-0.05, 0) is 43.5 Å². The van der Waals surface area contributed by atoms with Gasteiger partial charge in [0.2, 0.25) is 5.96 Å². The van der Waals surface area contributed by atoms with Gasteiger partial charge >= 0.3 is 0 Å². The van der Waals surface area contributed by atoms with E-state index in [2.05, 4.69) is 51.7 Å². The number of fused-ring (bicyclic) bond motifs is 1. The molecule has 3 rings (SSSR count). The molecule has 4 N–H and O–H groups in total. The smallest absolute Gasteiger partial charge is 0.209 e. The molecule has 0 spiro atoms. The first-order valence-electron chi connectivity index (χ1n) is 8.87. The molecule has 3 aromatic rings. The van der Waals surface area contributed by atoms with E-state index in [-0.39, 0.29) is 0 Å². The van der Waals surface area contributed by atoms with Crippen molar-refractivity contribution in [2.24, 2.45) is 15.8 Å². The lowest BCUT2D eigenvalue weighted by Crippen LogP contribution is -2.27. The van der Waals surface area contributed by atoms with Crippen LogP contribution in [0.2, 0.25) is 0 Å². The molecule has 0 unspecified atom stereocenters. The number of benzene rings is 2. The van der Waals surface area contributed by atoms with Gasteiger partial charge in [0.15, 0.2) is 0 Å². The van der Waals surface area contributed by atoms with Crippen molar-refractivity contribution in [1.29, 1.82) is 0 Å². The first-order chi connectivity index (χ1) is 13.1. The van der Waals surface area contributed by atoms with Crippen LogP contribution < -0.4 is 15.9 Å².